The second kappa shape index (κ2) is 12.9. The first-order valence-electron chi connectivity index (χ1n) is 17.9. The highest BCUT2D eigenvalue weighted by Gasteiger charge is 2.25. The van der Waals surface area contributed by atoms with Gasteiger partial charge in [-0.2, -0.15) is 5.10 Å². The summed E-state index contributed by atoms with van der Waals surface area (Å²) < 4.78 is 11.0. The van der Waals surface area contributed by atoms with E-state index in [1.54, 1.807) is 0 Å². The van der Waals surface area contributed by atoms with Crippen LogP contribution >= 0.6 is 0 Å². The number of hydrogen-bond donors (Lipinski definition) is 0. The number of para-hydroxylation sites is 1. The van der Waals surface area contributed by atoms with Crippen molar-refractivity contribution in [3.8, 4) is 34.1 Å². The van der Waals surface area contributed by atoms with Crippen molar-refractivity contribution in [3.63, 3.8) is 0 Å². The Balaban J connectivity index is 1.31. The van der Waals surface area contributed by atoms with Crippen LogP contribution in [0.5, 0.6) is 11.5 Å². The maximum absolute atomic E-state index is 6.63. The summed E-state index contributed by atoms with van der Waals surface area (Å²) in [5.41, 5.74) is 13.4. The quantitative estimate of drug-likeness (QED) is 0.163. The number of aryl methyl sites for hydroxylation is 3. The maximum atomic E-state index is 6.63. The Hall–Kier alpha value is -5.16. The van der Waals surface area contributed by atoms with E-state index < -0.39 is 0 Å². The highest BCUT2D eigenvalue weighted by Crippen LogP contribution is 2.40. The summed E-state index contributed by atoms with van der Waals surface area (Å²) in [4.78, 5) is 4.74. The molecule has 0 spiro atoms. The fraction of sp³-hybridized carbons (Fsp3) is 0.289. The van der Waals surface area contributed by atoms with Crippen LogP contribution in [0.4, 0.5) is 0 Å². The van der Waals surface area contributed by atoms with E-state index in [0.29, 0.717) is 0 Å². The van der Waals surface area contributed by atoms with Crippen LogP contribution in [-0.2, 0) is 11.8 Å². The fourth-order valence-corrected chi connectivity index (χ4v) is 7.88. The molecule has 0 aliphatic carbocycles. The van der Waals surface area contributed by atoms with Crippen molar-refractivity contribution < 1.29 is 4.74 Å². The van der Waals surface area contributed by atoms with Crippen molar-refractivity contribution in [2.75, 3.05) is 0 Å². The van der Waals surface area contributed by atoms with Crippen LogP contribution in [0, 0.1) is 20.8 Å². The lowest BCUT2D eigenvalue weighted by Gasteiger charge is -2.25. The summed E-state index contributed by atoms with van der Waals surface area (Å²) >= 11 is 0. The molecule has 3 heterocycles. The average molecular weight is 661 g/mol. The van der Waals surface area contributed by atoms with Gasteiger partial charge in [0.15, 0.2) is 0 Å². The van der Waals surface area contributed by atoms with Crippen molar-refractivity contribution in [1.82, 2.24) is 19.3 Å². The van der Waals surface area contributed by atoms with Gasteiger partial charge in [-0.25, -0.2) is 9.67 Å². The van der Waals surface area contributed by atoms with Gasteiger partial charge in [0.1, 0.15) is 17.3 Å². The van der Waals surface area contributed by atoms with Gasteiger partial charge >= 0.3 is 0 Å². The molecule has 5 nitrogen and oxygen atoms in total. The second-order valence-electron chi connectivity index (χ2n) is 15.1. The minimum atomic E-state index is 0.0863. The van der Waals surface area contributed by atoms with E-state index >= 15 is 0 Å². The van der Waals surface area contributed by atoms with Gasteiger partial charge in [-0.15, -0.1) is 0 Å². The van der Waals surface area contributed by atoms with Crippen molar-refractivity contribution in [2.45, 2.75) is 86.5 Å². The van der Waals surface area contributed by atoms with Crippen molar-refractivity contribution in [3.05, 3.63) is 131 Å². The Bertz CT molecular complexity index is 2340. The number of aromatic nitrogens is 4. The van der Waals surface area contributed by atoms with E-state index in [9.17, 15) is 0 Å². The first kappa shape index (κ1) is 33.3. The van der Waals surface area contributed by atoms with Gasteiger partial charge in [-0.05, 0) is 109 Å². The highest BCUT2D eigenvalue weighted by atomic mass is 16.5. The van der Waals surface area contributed by atoms with E-state index in [-0.39, 0.29) is 11.3 Å². The molecule has 254 valence electrons. The molecule has 7 aromatic rings. The number of benzene rings is 4. The minimum Gasteiger partial charge on any atom is -0.457 e. The highest BCUT2D eigenvalue weighted by molar-refractivity contribution is 6.09. The lowest BCUT2D eigenvalue weighted by molar-refractivity contribution is 0.482. The van der Waals surface area contributed by atoms with Gasteiger partial charge in [-0.1, -0.05) is 84.4 Å². The van der Waals surface area contributed by atoms with E-state index in [1.807, 2.05) is 18.3 Å². The molecule has 0 radical (unpaired) electrons. The third kappa shape index (κ3) is 6.00. The molecule has 0 amide bonds. The molecular formula is C45H48N4O. The first-order valence-corrected chi connectivity index (χ1v) is 17.9. The Labute approximate surface area is 296 Å². The Morgan fingerprint density at radius 2 is 1.48 bits per heavy atom. The summed E-state index contributed by atoms with van der Waals surface area (Å²) in [5, 5.41) is 7.68. The van der Waals surface area contributed by atoms with Gasteiger partial charge in [0.25, 0.3) is 0 Å². The van der Waals surface area contributed by atoms with Crippen LogP contribution in [0.1, 0.15) is 87.5 Å². The molecule has 0 fully saturated rings. The van der Waals surface area contributed by atoms with Gasteiger partial charge in [-0.3, -0.25) is 4.57 Å². The molecule has 0 atom stereocenters. The predicted octanol–water partition coefficient (Wildman–Crippen LogP) is 12.1. The zero-order valence-corrected chi connectivity index (χ0v) is 30.9. The number of pyridine rings is 1. The molecule has 0 aliphatic heterocycles. The summed E-state index contributed by atoms with van der Waals surface area (Å²) in [6, 6.07) is 32.1. The van der Waals surface area contributed by atoms with Crippen LogP contribution in [0.2, 0.25) is 0 Å². The van der Waals surface area contributed by atoms with Gasteiger partial charge in [0.2, 0.25) is 0 Å². The lowest BCUT2D eigenvalue weighted by atomic mass is 9.79. The number of ether oxygens (including phenoxy) is 1. The Morgan fingerprint density at radius 3 is 2.18 bits per heavy atom. The zero-order chi connectivity index (χ0) is 35.3. The molecular weight excluding hydrogens is 613 g/mol. The average Bonchev–Trinajstić information content (AvgIpc) is 3.60. The molecule has 3 aromatic heterocycles. The Kier molecular flexibility index (Phi) is 8.63. The van der Waals surface area contributed by atoms with Crippen LogP contribution in [0.3, 0.4) is 0 Å². The predicted molar refractivity (Wildman–Crippen MR) is 209 cm³/mol. The monoisotopic (exact) mass is 660 g/mol. The van der Waals surface area contributed by atoms with E-state index in [4.69, 9.17) is 14.8 Å². The molecule has 0 unspecified atom stereocenters. The largest absolute Gasteiger partial charge is 0.457 e. The molecule has 5 heteroatoms. The van der Waals surface area contributed by atoms with Gasteiger partial charge < -0.3 is 4.74 Å². The van der Waals surface area contributed by atoms with Crippen LogP contribution < -0.4 is 4.74 Å². The van der Waals surface area contributed by atoms with Crippen LogP contribution in [-0.4, -0.2) is 19.3 Å². The van der Waals surface area contributed by atoms with Crippen molar-refractivity contribution in [1.29, 1.82) is 0 Å². The molecule has 0 N–H and O–H groups in total. The Morgan fingerprint density at radius 1 is 0.760 bits per heavy atom. The summed E-state index contributed by atoms with van der Waals surface area (Å²) in [5.74, 6) is 2.71. The van der Waals surface area contributed by atoms with Crippen LogP contribution in [0.15, 0.2) is 97.2 Å². The maximum Gasteiger partial charge on any atom is 0.137 e. The zero-order valence-electron chi connectivity index (χ0n) is 30.9. The van der Waals surface area contributed by atoms with E-state index in [0.717, 1.165) is 52.6 Å². The topological polar surface area (TPSA) is 44.9 Å². The summed E-state index contributed by atoms with van der Waals surface area (Å²) in [7, 11) is 0. The van der Waals surface area contributed by atoms with Crippen molar-refractivity contribution >= 4 is 21.8 Å². The van der Waals surface area contributed by atoms with E-state index in [2.05, 4.69) is 150 Å². The molecule has 0 saturated heterocycles. The SMILES string of the molecule is CCCc1c(-c2cc(C)c(C(C)(C)C)c(C)c2)c(C(C)C)nn1-c1cccc(Oc2ccc3c4ccccc4n(-c4cc(C)ccn4)c3c2)c1. The molecule has 0 aliphatic rings. The normalized spacial score (nSPS) is 12.0. The van der Waals surface area contributed by atoms with Crippen LogP contribution in [0.25, 0.3) is 44.4 Å². The molecule has 4 aromatic carbocycles. The molecule has 7 rings (SSSR count). The number of fused-ring (bicyclic) bond motifs is 3. The van der Waals surface area contributed by atoms with Crippen molar-refractivity contribution in [2.24, 2.45) is 0 Å². The third-order valence-electron chi connectivity index (χ3n) is 9.69. The lowest BCUT2D eigenvalue weighted by Crippen LogP contribution is -2.15. The fourth-order valence-electron chi connectivity index (χ4n) is 7.88. The molecule has 0 bridgehead atoms. The first-order chi connectivity index (χ1) is 23.9. The standard InChI is InChI=1S/C45H48N4O/c1-10-14-39-42(32-24-30(5)43(31(6)25-32)45(7,8)9)44(28(2)3)47-49(39)33-15-13-16-34(26-33)50-35-19-20-37-36-17-11-12-18-38(36)48(40(37)27-35)41-23-29(4)21-22-46-41/h11-13,15-28H,10,14H2,1-9H3. The second-order valence-corrected chi connectivity index (χ2v) is 15.1. The minimum absolute atomic E-state index is 0.0863. The molecule has 0 saturated carbocycles. The molecule has 50 heavy (non-hydrogen) atoms. The van der Waals surface area contributed by atoms with E-state index in [1.165, 1.54) is 49.8 Å². The summed E-state index contributed by atoms with van der Waals surface area (Å²) in [6.07, 6.45) is 3.82. The van der Waals surface area contributed by atoms with Gasteiger partial charge in [0.05, 0.1) is 28.1 Å². The number of hydrogen-bond acceptors (Lipinski definition) is 3. The summed E-state index contributed by atoms with van der Waals surface area (Å²) in [6.45, 7) is 20.3. The van der Waals surface area contributed by atoms with Gasteiger partial charge in [0, 0.05) is 34.7 Å². The smallest absolute Gasteiger partial charge is 0.137 e. The number of rotatable bonds is 8. The number of nitrogens with zero attached hydrogens (tertiary/aromatic N) is 4. The third-order valence-corrected chi connectivity index (χ3v) is 9.69.